The van der Waals surface area contributed by atoms with Crippen LogP contribution < -0.4 is 16.6 Å². The molecule has 1 aromatic rings. The van der Waals surface area contributed by atoms with Gasteiger partial charge in [-0.25, -0.2) is 10.8 Å². The summed E-state index contributed by atoms with van der Waals surface area (Å²) in [4.78, 5) is 16.2. The zero-order valence-corrected chi connectivity index (χ0v) is 13.1. The van der Waals surface area contributed by atoms with E-state index in [1.165, 1.54) is 0 Å². The Bertz CT molecular complexity index is 439. The van der Waals surface area contributed by atoms with E-state index in [-0.39, 0.29) is 11.9 Å². The first kappa shape index (κ1) is 15.9. The number of amides is 1. The average molecular weight is 329 g/mol. The summed E-state index contributed by atoms with van der Waals surface area (Å²) in [6, 6.07) is 1.82. The topological polar surface area (TPSA) is 80.0 Å². The number of carbonyl (C=O) groups excluding carboxylic acids is 1. The first-order valence-electron chi connectivity index (χ1n) is 6.40. The number of nitrogens with one attached hydrogen (secondary N) is 2. The van der Waals surface area contributed by atoms with E-state index in [1.807, 2.05) is 6.92 Å². The summed E-state index contributed by atoms with van der Waals surface area (Å²) < 4.78 is 0.742. The number of nitrogens with two attached hydrogens (primary N) is 1. The lowest BCUT2D eigenvalue weighted by Crippen LogP contribution is -2.34. The third-order valence-electron chi connectivity index (χ3n) is 3.07. The number of hydrogen-bond acceptors (Lipinski definition) is 4. The largest absolute Gasteiger partial charge is 0.349 e. The minimum Gasteiger partial charge on any atom is -0.349 e. The SMILES string of the molecule is CCC(C)CC(C)NC(=O)c1cc(Br)cnc1NN. The molecule has 4 N–H and O–H groups in total. The summed E-state index contributed by atoms with van der Waals surface area (Å²) in [5.74, 6) is 6.15. The molecule has 0 spiro atoms. The van der Waals surface area contributed by atoms with Crippen LogP contribution in [-0.2, 0) is 0 Å². The number of hydrogen-bond donors (Lipinski definition) is 3. The fraction of sp³-hybridized carbons (Fsp3) is 0.538. The third-order valence-corrected chi connectivity index (χ3v) is 3.50. The molecule has 1 heterocycles. The van der Waals surface area contributed by atoms with Gasteiger partial charge in [0.2, 0.25) is 0 Å². The summed E-state index contributed by atoms with van der Waals surface area (Å²) in [5, 5.41) is 2.97. The Labute approximate surface area is 122 Å². The number of aromatic nitrogens is 1. The lowest BCUT2D eigenvalue weighted by atomic mass is 10.0. The van der Waals surface area contributed by atoms with Gasteiger partial charge in [0.15, 0.2) is 5.82 Å². The fourth-order valence-electron chi connectivity index (χ4n) is 1.86. The lowest BCUT2D eigenvalue weighted by molar-refractivity contribution is 0.0936. The van der Waals surface area contributed by atoms with Crippen LogP contribution in [0.25, 0.3) is 0 Å². The van der Waals surface area contributed by atoms with E-state index in [9.17, 15) is 4.79 Å². The van der Waals surface area contributed by atoms with Gasteiger partial charge >= 0.3 is 0 Å². The van der Waals surface area contributed by atoms with Crippen LogP contribution in [-0.4, -0.2) is 16.9 Å². The number of halogens is 1. The van der Waals surface area contributed by atoms with Crippen molar-refractivity contribution in [3.8, 4) is 0 Å². The molecule has 19 heavy (non-hydrogen) atoms. The second kappa shape index (κ2) is 7.45. The van der Waals surface area contributed by atoms with E-state index >= 15 is 0 Å². The van der Waals surface area contributed by atoms with Gasteiger partial charge in [-0.15, -0.1) is 0 Å². The molecule has 6 heteroatoms. The molecule has 2 unspecified atom stereocenters. The van der Waals surface area contributed by atoms with Crippen molar-refractivity contribution in [3.63, 3.8) is 0 Å². The summed E-state index contributed by atoms with van der Waals surface area (Å²) in [6.45, 7) is 6.33. The molecule has 0 aliphatic rings. The molecule has 1 aromatic heterocycles. The van der Waals surface area contributed by atoms with Crippen molar-refractivity contribution < 1.29 is 4.79 Å². The van der Waals surface area contributed by atoms with Crippen LogP contribution >= 0.6 is 15.9 Å². The molecular formula is C13H21BrN4O. The summed E-state index contributed by atoms with van der Waals surface area (Å²) in [7, 11) is 0. The van der Waals surface area contributed by atoms with E-state index in [4.69, 9.17) is 5.84 Å². The number of hydrazine groups is 1. The van der Waals surface area contributed by atoms with Crippen LogP contribution in [0.15, 0.2) is 16.7 Å². The summed E-state index contributed by atoms with van der Waals surface area (Å²) >= 11 is 3.30. The van der Waals surface area contributed by atoms with Crippen molar-refractivity contribution in [3.05, 3.63) is 22.3 Å². The minimum atomic E-state index is -0.169. The predicted molar refractivity (Wildman–Crippen MR) is 80.7 cm³/mol. The first-order chi connectivity index (χ1) is 8.97. The standard InChI is InChI=1S/C13H21BrN4O/c1-4-8(2)5-9(3)17-13(19)11-6-10(14)7-16-12(11)18-15/h6-9H,4-5,15H2,1-3H3,(H,16,18)(H,17,19). The van der Waals surface area contributed by atoms with Gasteiger partial charge in [0.25, 0.3) is 5.91 Å². The maximum atomic E-state index is 12.2. The summed E-state index contributed by atoms with van der Waals surface area (Å²) in [5.41, 5.74) is 2.87. The maximum Gasteiger partial charge on any atom is 0.255 e. The number of pyridine rings is 1. The van der Waals surface area contributed by atoms with Crippen LogP contribution in [0.5, 0.6) is 0 Å². The Morgan fingerprint density at radius 3 is 2.79 bits per heavy atom. The molecule has 5 nitrogen and oxygen atoms in total. The molecular weight excluding hydrogens is 308 g/mol. The van der Waals surface area contributed by atoms with Crippen molar-refractivity contribution in [2.24, 2.45) is 11.8 Å². The van der Waals surface area contributed by atoms with E-state index in [0.29, 0.717) is 17.3 Å². The van der Waals surface area contributed by atoms with Gasteiger partial charge in [0, 0.05) is 16.7 Å². The van der Waals surface area contributed by atoms with Crippen LogP contribution in [0.3, 0.4) is 0 Å². The Balaban J connectivity index is 2.75. The van der Waals surface area contributed by atoms with Crippen molar-refractivity contribution in [2.75, 3.05) is 5.43 Å². The van der Waals surface area contributed by atoms with E-state index < -0.39 is 0 Å². The van der Waals surface area contributed by atoms with Gasteiger partial charge in [-0.2, -0.15) is 0 Å². The highest BCUT2D eigenvalue weighted by molar-refractivity contribution is 9.10. The molecule has 1 amide bonds. The third kappa shape index (κ3) is 4.80. The van der Waals surface area contributed by atoms with E-state index in [0.717, 1.165) is 17.3 Å². The molecule has 1 rings (SSSR count). The first-order valence-corrected chi connectivity index (χ1v) is 7.20. The number of nitrogens with zero attached hydrogens (tertiary/aromatic N) is 1. The van der Waals surface area contributed by atoms with Crippen molar-refractivity contribution in [1.82, 2.24) is 10.3 Å². The van der Waals surface area contributed by atoms with Crippen LogP contribution in [0.1, 0.15) is 44.0 Å². The van der Waals surface area contributed by atoms with Crippen molar-refractivity contribution in [2.45, 2.75) is 39.7 Å². The predicted octanol–water partition coefficient (Wildman–Crippen LogP) is 2.68. The molecule has 106 valence electrons. The van der Waals surface area contributed by atoms with Crippen LogP contribution in [0.2, 0.25) is 0 Å². The zero-order chi connectivity index (χ0) is 14.4. The van der Waals surface area contributed by atoms with Gasteiger partial charge in [-0.05, 0) is 41.3 Å². The highest BCUT2D eigenvalue weighted by Gasteiger charge is 2.16. The molecule has 0 bridgehead atoms. The molecule has 0 radical (unpaired) electrons. The summed E-state index contributed by atoms with van der Waals surface area (Å²) in [6.07, 6.45) is 3.65. The number of rotatable bonds is 6. The maximum absolute atomic E-state index is 12.2. The number of nitrogen functional groups attached to an aromatic ring is 1. The Morgan fingerprint density at radius 1 is 1.53 bits per heavy atom. The van der Waals surface area contributed by atoms with Gasteiger partial charge in [0.05, 0.1) is 5.56 Å². The van der Waals surface area contributed by atoms with Gasteiger partial charge in [-0.1, -0.05) is 20.3 Å². The monoisotopic (exact) mass is 328 g/mol. The lowest BCUT2D eigenvalue weighted by Gasteiger charge is -2.18. The molecule has 0 saturated heterocycles. The van der Waals surface area contributed by atoms with Gasteiger partial charge < -0.3 is 10.7 Å². The number of carbonyl (C=O) groups is 1. The fourth-order valence-corrected chi connectivity index (χ4v) is 2.19. The second-order valence-corrected chi connectivity index (χ2v) is 5.73. The van der Waals surface area contributed by atoms with Crippen LogP contribution in [0, 0.1) is 5.92 Å². The van der Waals surface area contributed by atoms with E-state index in [2.05, 4.69) is 45.5 Å². The quantitative estimate of drug-likeness (QED) is 0.554. The van der Waals surface area contributed by atoms with Crippen molar-refractivity contribution in [1.29, 1.82) is 0 Å². The molecule has 0 aliphatic carbocycles. The highest BCUT2D eigenvalue weighted by atomic mass is 79.9. The highest BCUT2D eigenvalue weighted by Crippen LogP contribution is 2.18. The Hall–Kier alpha value is -1.14. The smallest absolute Gasteiger partial charge is 0.255 e. The normalized spacial score (nSPS) is 13.7. The molecule has 2 atom stereocenters. The van der Waals surface area contributed by atoms with Crippen LogP contribution in [0.4, 0.5) is 5.82 Å². The molecule has 0 saturated carbocycles. The van der Waals surface area contributed by atoms with E-state index in [1.54, 1.807) is 12.3 Å². The minimum absolute atomic E-state index is 0.118. The molecule has 0 fully saturated rings. The molecule has 0 aromatic carbocycles. The average Bonchev–Trinajstić information content (AvgIpc) is 2.38. The zero-order valence-electron chi connectivity index (χ0n) is 11.5. The Kier molecular flexibility index (Phi) is 6.24. The van der Waals surface area contributed by atoms with Gasteiger partial charge in [0.1, 0.15) is 0 Å². The second-order valence-electron chi connectivity index (χ2n) is 4.82. The molecule has 0 aliphatic heterocycles. The number of anilines is 1. The van der Waals surface area contributed by atoms with Crippen molar-refractivity contribution >= 4 is 27.7 Å². The Morgan fingerprint density at radius 2 is 2.21 bits per heavy atom. The van der Waals surface area contributed by atoms with Gasteiger partial charge in [-0.3, -0.25) is 4.79 Å².